The second-order valence-electron chi connectivity index (χ2n) is 2.52. The highest BCUT2D eigenvalue weighted by Gasteiger charge is 2.42. The van der Waals surface area contributed by atoms with E-state index in [4.69, 9.17) is 5.11 Å². The van der Waals surface area contributed by atoms with E-state index in [-0.39, 0.29) is 5.76 Å². The molecule has 0 saturated carbocycles. The number of hydrogen-bond acceptors (Lipinski definition) is 4. The van der Waals surface area contributed by atoms with Gasteiger partial charge in [-0.2, -0.15) is 0 Å². The van der Waals surface area contributed by atoms with Crippen LogP contribution in [-0.2, 0) is 14.3 Å². The lowest BCUT2D eigenvalue weighted by molar-refractivity contribution is -0.158. The van der Waals surface area contributed by atoms with Crippen molar-refractivity contribution in [2.75, 3.05) is 7.11 Å². The van der Waals surface area contributed by atoms with Crippen LogP contribution < -0.4 is 0 Å². The zero-order valence-electron chi connectivity index (χ0n) is 6.85. The Morgan fingerprint density at radius 2 is 2.15 bits per heavy atom. The molecule has 0 saturated heterocycles. The second kappa shape index (κ2) is 3.02. The maximum absolute atomic E-state index is 11.0. The van der Waals surface area contributed by atoms with E-state index >= 15 is 0 Å². The van der Waals surface area contributed by atoms with Crippen LogP contribution in [0.5, 0.6) is 0 Å². The van der Waals surface area contributed by atoms with E-state index in [2.05, 4.69) is 4.74 Å². The largest absolute Gasteiger partial charge is 0.497 e. The molecule has 1 unspecified atom stereocenters. The van der Waals surface area contributed by atoms with Gasteiger partial charge in [-0.05, 0) is 12.2 Å². The summed E-state index contributed by atoms with van der Waals surface area (Å²) >= 11 is 0. The Morgan fingerprint density at radius 1 is 1.54 bits per heavy atom. The van der Waals surface area contributed by atoms with E-state index in [1.54, 1.807) is 0 Å². The van der Waals surface area contributed by atoms with Gasteiger partial charge in [-0.25, -0.2) is 4.79 Å². The van der Waals surface area contributed by atoms with Crippen molar-refractivity contribution in [2.24, 2.45) is 0 Å². The van der Waals surface area contributed by atoms with E-state index in [9.17, 15) is 14.7 Å². The number of carboxylic acids is 1. The van der Waals surface area contributed by atoms with Gasteiger partial charge in [0.1, 0.15) is 5.76 Å². The molecule has 1 aliphatic rings. The molecule has 0 fully saturated rings. The Hall–Kier alpha value is -1.62. The Kier molecular flexibility index (Phi) is 2.20. The molecule has 0 radical (unpaired) electrons. The third-order valence-corrected chi connectivity index (χ3v) is 1.69. The first kappa shape index (κ1) is 9.47. The van der Waals surface area contributed by atoms with Gasteiger partial charge in [0, 0.05) is 6.08 Å². The topological polar surface area (TPSA) is 83.8 Å². The van der Waals surface area contributed by atoms with Gasteiger partial charge in [0.15, 0.2) is 0 Å². The predicted molar refractivity (Wildman–Crippen MR) is 41.8 cm³/mol. The third kappa shape index (κ3) is 1.46. The minimum atomic E-state index is -2.49. The summed E-state index contributed by atoms with van der Waals surface area (Å²) in [6.07, 6.45) is 3.12. The zero-order chi connectivity index (χ0) is 10.1. The molecule has 1 atom stereocenters. The van der Waals surface area contributed by atoms with Gasteiger partial charge >= 0.3 is 5.97 Å². The zero-order valence-corrected chi connectivity index (χ0v) is 6.85. The van der Waals surface area contributed by atoms with Crippen molar-refractivity contribution >= 4 is 11.8 Å². The molecular formula is C8H8O5. The Morgan fingerprint density at radius 3 is 2.62 bits per heavy atom. The van der Waals surface area contributed by atoms with Crippen molar-refractivity contribution in [3.05, 3.63) is 24.0 Å². The second-order valence-corrected chi connectivity index (χ2v) is 2.52. The number of allylic oxidation sites excluding steroid dienone is 1. The van der Waals surface area contributed by atoms with Gasteiger partial charge in [-0.1, -0.05) is 0 Å². The molecule has 0 heterocycles. The molecule has 0 aromatic rings. The average molecular weight is 184 g/mol. The molecule has 0 aromatic carbocycles. The Bertz CT molecular complexity index is 314. The lowest BCUT2D eigenvalue weighted by atomic mass is 9.93. The number of carbonyl (C=O) groups is 2. The summed E-state index contributed by atoms with van der Waals surface area (Å²) < 4.78 is 4.68. The van der Waals surface area contributed by atoms with Gasteiger partial charge in [0.05, 0.1) is 7.11 Å². The number of hydrogen-bond donors (Lipinski definition) is 2. The van der Waals surface area contributed by atoms with Crippen molar-refractivity contribution in [1.82, 2.24) is 0 Å². The summed E-state index contributed by atoms with van der Waals surface area (Å²) in [4.78, 5) is 21.5. The van der Waals surface area contributed by atoms with Crippen molar-refractivity contribution in [3.8, 4) is 0 Å². The smallest absolute Gasteiger partial charge is 0.348 e. The van der Waals surface area contributed by atoms with Gasteiger partial charge in [-0.15, -0.1) is 0 Å². The lowest BCUT2D eigenvalue weighted by Gasteiger charge is -2.19. The van der Waals surface area contributed by atoms with Gasteiger partial charge in [-0.3, -0.25) is 4.79 Å². The highest BCUT2D eigenvalue weighted by atomic mass is 16.5. The molecule has 1 rings (SSSR count). The maximum atomic E-state index is 11.0. The van der Waals surface area contributed by atoms with Gasteiger partial charge < -0.3 is 14.9 Å². The molecule has 0 aromatic heterocycles. The van der Waals surface area contributed by atoms with Crippen molar-refractivity contribution in [1.29, 1.82) is 0 Å². The first-order chi connectivity index (χ1) is 6.00. The van der Waals surface area contributed by atoms with Crippen LogP contribution in [-0.4, -0.2) is 34.7 Å². The minimum Gasteiger partial charge on any atom is -0.497 e. The number of carbonyl (C=O) groups excluding carboxylic acids is 1. The average Bonchev–Trinajstić information content (AvgIpc) is 2.09. The van der Waals surface area contributed by atoms with Crippen LogP contribution in [0.3, 0.4) is 0 Å². The standard InChI is InChI=1S/C8H8O5/c1-13-5-2-3-6(9)8(12,4-5)7(10)11/h2-4,12H,1H3,(H,10,11). The fourth-order valence-corrected chi connectivity index (χ4v) is 0.904. The monoisotopic (exact) mass is 184 g/mol. The van der Waals surface area contributed by atoms with Crippen LogP contribution in [0.1, 0.15) is 0 Å². The molecule has 1 aliphatic carbocycles. The molecule has 5 nitrogen and oxygen atoms in total. The van der Waals surface area contributed by atoms with Gasteiger partial charge in [0.25, 0.3) is 0 Å². The highest BCUT2D eigenvalue weighted by molar-refractivity contribution is 6.14. The first-order valence-electron chi connectivity index (χ1n) is 3.46. The van der Waals surface area contributed by atoms with Crippen LogP contribution >= 0.6 is 0 Å². The third-order valence-electron chi connectivity index (χ3n) is 1.69. The van der Waals surface area contributed by atoms with Crippen LogP contribution in [0.4, 0.5) is 0 Å². The predicted octanol–water partition coefficient (Wildman–Crippen LogP) is -0.529. The highest BCUT2D eigenvalue weighted by Crippen LogP contribution is 2.18. The van der Waals surface area contributed by atoms with Gasteiger partial charge in [0.2, 0.25) is 11.4 Å². The van der Waals surface area contributed by atoms with Crippen molar-refractivity contribution < 1.29 is 24.5 Å². The molecule has 0 bridgehead atoms. The number of ketones is 1. The first-order valence-corrected chi connectivity index (χ1v) is 3.46. The van der Waals surface area contributed by atoms with E-state index < -0.39 is 17.4 Å². The van der Waals surface area contributed by atoms with E-state index in [1.165, 1.54) is 13.2 Å². The normalized spacial score (nSPS) is 26.9. The maximum Gasteiger partial charge on any atom is 0.348 e. The number of aliphatic hydroxyl groups is 1. The van der Waals surface area contributed by atoms with Crippen molar-refractivity contribution in [3.63, 3.8) is 0 Å². The summed E-state index contributed by atoms with van der Waals surface area (Å²) in [5.74, 6) is -2.36. The number of ether oxygens (including phenoxy) is 1. The quantitative estimate of drug-likeness (QED) is 0.563. The van der Waals surface area contributed by atoms with E-state index in [0.717, 1.165) is 12.2 Å². The minimum absolute atomic E-state index is 0.143. The molecule has 5 heteroatoms. The fraction of sp³-hybridized carbons (Fsp3) is 0.250. The van der Waals surface area contributed by atoms with E-state index in [0.29, 0.717) is 0 Å². The number of rotatable bonds is 2. The fourth-order valence-electron chi connectivity index (χ4n) is 0.904. The Labute approximate surface area is 73.9 Å². The number of carboxylic acid groups (broad SMARTS) is 1. The van der Waals surface area contributed by atoms with Crippen LogP contribution in [0, 0.1) is 0 Å². The molecule has 13 heavy (non-hydrogen) atoms. The van der Waals surface area contributed by atoms with E-state index in [1.807, 2.05) is 0 Å². The Balaban J connectivity index is 3.11. The number of aliphatic carboxylic acids is 1. The summed E-state index contributed by atoms with van der Waals surface area (Å²) in [5.41, 5.74) is -2.49. The molecule has 2 N–H and O–H groups in total. The van der Waals surface area contributed by atoms with Crippen LogP contribution in [0.15, 0.2) is 24.0 Å². The molecule has 0 aliphatic heterocycles. The molecule has 0 spiro atoms. The lowest BCUT2D eigenvalue weighted by Crippen LogP contribution is -2.45. The molecular weight excluding hydrogens is 176 g/mol. The van der Waals surface area contributed by atoms with Crippen LogP contribution in [0.25, 0.3) is 0 Å². The SMILES string of the molecule is COC1=CC(O)(C(=O)O)C(=O)C=C1. The summed E-state index contributed by atoms with van der Waals surface area (Å²) in [6, 6.07) is 0. The molecule has 0 amide bonds. The summed E-state index contributed by atoms with van der Waals surface area (Å²) in [5, 5.41) is 17.9. The summed E-state index contributed by atoms with van der Waals surface area (Å²) in [7, 11) is 1.31. The number of methoxy groups -OCH3 is 1. The molecule has 70 valence electrons. The van der Waals surface area contributed by atoms with Crippen molar-refractivity contribution in [2.45, 2.75) is 5.60 Å². The summed E-state index contributed by atoms with van der Waals surface area (Å²) in [6.45, 7) is 0. The van der Waals surface area contributed by atoms with Crippen LogP contribution in [0.2, 0.25) is 0 Å².